The van der Waals surface area contributed by atoms with Crippen molar-refractivity contribution in [2.24, 2.45) is 0 Å². The molecule has 1 aliphatic rings. The molecule has 2 heterocycles. The van der Waals surface area contributed by atoms with Crippen LogP contribution in [0.5, 0.6) is 0 Å². The van der Waals surface area contributed by atoms with Gasteiger partial charge in [0.05, 0.1) is 17.0 Å². The van der Waals surface area contributed by atoms with Gasteiger partial charge < -0.3 is 9.15 Å². The summed E-state index contributed by atoms with van der Waals surface area (Å²) in [5.74, 6) is -0.427. The van der Waals surface area contributed by atoms with Crippen molar-refractivity contribution in [3.05, 3.63) is 51.0 Å². The van der Waals surface area contributed by atoms with Crippen molar-refractivity contribution in [3.63, 3.8) is 0 Å². The molecule has 0 N–H and O–H groups in total. The molecule has 0 saturated carbocycles. The third-order valence-electron chi connectivity index (χ3n) is 3.85. The number of carbonyl (C=O) groups is 3. The van der Waals surface area contributed by atoms with Gasteiger partial charge in [-0.3, -0.25) is 14.5 Å². The lowest BCUT2D eigenvalue weighted by molar-refractivity contribution is -0.148. The van der Waals surface area contributed by atoms with Gasteiger partial charge >= 0.3 is 5.97 Å². The summed E-state index contributed by atoms with van der Waals surface area (Å²) < 4.78 is 10.3. The first-order valence-corrected chi connectivity index (χ1v) is 9.29. The fourth-order valence-electron chi connectivity index (χ4n) is 2.48. The summed E-state index contributed by atoms with van der Waals surface area (Å²) in [6.45, 7) is 1.43. The first-order valence-electron chi connectivity index (χ1n) is 7.72. The molecule has 0 spiro atoms. The normalized spacial score (nSPS) is 16.9. The monoisotopic (exact) mass is 425 g/mol. The molecular formula is C18H13Cl2NO5S. The zero-order chi connectivity index (χ0) is 19.7. The minimum Gasteiger partial charge on any atom is -0.467 e. The van der Waals surface area contributed by atoms with Gasteiger partial charge in [-0.15, -0.1) is 0 Å². The lowest BCUT2D eigenvalue weighted by atomic mass is 10.2. The van der Waals surface area contributed by atoms with E-state index >= 15 is 0 Å². The maximum absolute atomic E-state index is 12.5. The van der Waals surface area contributed by atoms with E-state index in [0.29, 0.717) is 27.1 Å². The molecule has 1 atom stereocenters. The van der Waals surface area contributed by atoms with Crippen LogP contribution in [0.3, 0.4) is 0 Å². The van der Waals surface area contributed by atoms with Crippen molar-refractivity contribution in [2.45, 2.75) is 13.0 Å². The maximum atomic E-state index is 12.5. The summed E-state index contributed by atoms with van der Waals surface area (Å²) in [5, 5.41) is 0.423. The fourth-order valence-corrected chi connectivity index (χ4v) is 3.75. The summed E-state index contributed by atoms with van der Waals surface area (Å²) >= 11 is 12.9. The second-order valence-electron chi connectivity index (χ2n) is 5.58. The second-order valence-corrected chi connectivity index (χ2v) is 7.41. The molecule has 2 amide bonds. The number of carbonyl (C=O) groups excluding carboxylic acids is 3. The lowest BCUT2D eigenvalue weighted by Gasteiger charge is -2.18. The van der Waals surface area contributed by atoms with E-state index in [1.165, 1.54) is 20.1 Å². The molecule has 1 fully saturated rings. The molecule has 0 radical (unpaired) electrons. The van der Waals surface area contributed by atoms with Crippen LogP contribution in [0.15, 0.2) is 39.7 Å². The van der Waals surface area contributed by atoms with Crippen molar-refractivity contribution >= 4 is 58.2 Å². The molecule has 1 aliphatic heterocycles. The van der Waals surface area contributed by atoms with E-state index in [1.807, 2.05) is 0 Å². The molecular weight excluding hydrogens is 413 g/mol. The van der Waals surface area contributed by atoms with Crippen LogP contribution in [0.1, 0.15) is 12.7 Å². The van der Waals surface area contributed by atoms with E-state index < -0.39 is 23.2 Å². The number of methoxy groups -OCH3 is 1. The van der Waals surface area contributed by atoms with Gasteiger partial charge in [-0.25, -0.2) is 4.79 Å². The van der Waals surface area contributed by atoms with Crippen LogP contribution in [0.25, 0.3) is 17.4 Å². The number of halogens is 2. The largest absolute Gasteiger partial charge is 0.467 e. The van der Waals surface area contributed by atoms with Crippen molar-refractivity contribution in [1.29, 1.82) is 0 Å². The number of esters is 1. The van der Waals surface area contributed by atoms with Gasteiger partial charge in [0.15, 0.2) is 0 Å². The number of hydrogen-bond acceptors (Lipinski definition) is 6. The Morgan fingerprint density at radius 2 is 2.00 bits per heavy atom. The number of thioether (sulfide) groups is 1. The minimum absolute atomic E-state index is 0.147. The topological polar surface area (TPSA) is 76.8 Å². The average molecular weight is 426 g/mol. The van der Waals surface area contributed by atoms with Crippen LogP contribution >= 0.6 is 35.0 Å². The van der Waals surface area contributed by atoms with Gasteiger partial charge in [-0.2, -0.15) is 0 Å². The summed E-state index contributed by atoms with van der Waals surface area (Å²) in [4.78, 5) is 37.2. The van der Waals surface area contributed by atoms with E-state index in [9.17, 15) is 14.4 Å². The molecule has 6 nitrogen and oxygen atoms in total. The van der Waals surface area contributed by atoms with Gasteiger partial charge in [-0.05, 0) is 49.0 Å². The number of rotatable bonds is 4. The molecule has 27 heavy (non-hydrogen) atoms. The highest BCUT2D eigenvalue weighted by Gasteiger charge is 2.41. The molecule has 2 aromatic rings. The van der Waals surface area contributed by atoms with Crippen LogP contribution in [0.2, 0.25) is 10.0 Å². The highest BCUT2D eigenvalue weighted by atomic mass is 35.5. The minimum atomic E-state index is -1.01. The Bertz CT molecular complexity index is 968. The Morgan fingerprint density at radius 3 is 2.70 bits per heavy atom. The Kier molecular flexibility index (Phi) is 5.64. The van der Waals surface area contributed by atoms with Gasteiger partial charge in [-0.1, -0.05) is 23.2 Å². The molecule has 1 aromatic heterocycles. The maximum Gasteiger partial charge on any atom is 0.328 e. The summed E-state index contributed by atoms with van der Waals surface area (Å²) in [6, 6.07) is 7.30. The van der Waals surface area contributed by atoms with Gasteiger partial charge in [0.25, 0.3) is 11.1 Å². The van der Waals surface area contributed by atoms with Crippen LogP contribution in [0.4, 0.5) is 4.79 Å². The fraction of sp³-hybridized carbons (Fsp3) is 0.167. The molecule has 140 valence electrons. The van der Waals surface area contributed by atoms with E-state index in [1.54, 1.807) is 30.3 Å². The van der Waals surface area contributed by atoms with Gasteiger partial charge in [0, 0.05) is 16.7 Å². The van der Waals surface area contributed by atoms with E-state index in [-0.39, 0.29) is 4.91 Å². The number of amides is 2. The number of ether oxygens (including phenoxy) is 1. The van der Waals surface area contributed by atoms with Crippen molar-refractivity contribution in [3.8, 4) is 11.3 Å². The van der Waals surface area contributed by atoms with E-state index in [2.05, 4.69) is 4.74 Å². The van der Waals surface area contributed by atoms with Crippen LogP contribution in [-0.2, 0) is 14.3 Å². The number of nitrogens with zero attached hydrogens (tertiary/aromatic N) is 1. The Morgan fingerprint density at radius 1 is 1.26 bits per heavy atom. The molecule has 3 rings (SSSR count). The zero-order valence-electron chi connectivity index (χ0n) is 14.2. The Labute approximate surface area is 169 Å². The standard InChI is InChI=1S/C18H13Cl2NO5S/c1-9(17(23)25-2)21-16(22)15(27-18(21)24)8-11-4-6-14(26-11)12-7-10(19)3-5-13(12)20/h3-9H,1-2H3/b15-8+/t9-/m1/s1. The zero-order valence-corrected chi connectivity index (χ0v) is 16.5. The smallest absolute Gasteiger partial charge is 0.328 e. The highest BCUT2D eigenvalue weighted by Crippen LogP contribution is 2.36. The lowest BCUT2D eigenvalue weighted by Crippen LogP contribution is -2.42. The quantitative estimate of drug-likeness (QED) is 0.514. The molecule has 1 aromatic carbocycles. The number of hydrogen-bond donors (Lipinski definition) is 0. The Hall–Kier alpha value is -2.22. The third kappa shape index (κ3) is 3.90. The van der Waals surface area contributed by atoms with Crippen molar-refractivity contribution < 1.29 is 23.5 Å². The first-order chi connectivity index (χ1) is 12.8. The second kappa shape index (κ2) is 7.80. The average Bonchev–Trinajstić information content (AvgIpc) is 3.20. The van der Waals surface area contributed by atoms with Crippen molar-refractivity contribution in [2.75, 3.05) is 7.11 Å². The highest BCUT2D eigenvalue weighted by molar-refractivity contribution is 8.18. The molecule has 0 bridgehead atoms. The van der Waals surface area contributed by atoms with E-state index in [0.717, 1.165) is 16.7 Å². The molecule has 0 unspecified atom stereocenters. The SMILES string of the molecule is COC(=O)[C@@H](C)N1C(=O)S/C(=C/c2ccc(-c3cc(Cl)ccc3Cl)o2)C1=O. The number of benzene rings is 1. The first kappa shape index (κ1) is 19.5. The summed E-state index contributed by atoms with van der Waals surface area (Å²) in [7, 11) is 1.19. The molecule has 0 aliphatic carbocycles. The van der Waals surface area contributed by atoms with Crippen molar-refractivity contribution in [1.82, 2.24) is 4.90 Å². The number of furan rings is 1. The van der Waals surface area contributed by atoms with Crippen LogP contribution < -0.4 is 0 Å². The number of imide groups is 1. The predicted octanol–water partition coefficient (Wildman–Crippen LogP) is 4.85. The predicted molar refractivity (Wildman–Crippen MR) is 103 cm³/mol. The van der Waals surface area contributed by atoms with Gasteiger partial charge in [0.2, 0.25) is 0 Å². The van der Waals surface area contributed by atoms with Crippen LogP contribution in [0, 0.1) is 0 Å². The third-order valence-corrected chi connectivity index (χ3v) is 5.30. The summed E-state index contributed by atoms with van der Waals surface area (Å²) in [6.07, 6.45) is 1.44. The molecule has 9 heteroatoms. The summed E-state index contributed by atoms with van der Waals surface area (Å²) in [5.41, 5.74) is 0.608. The van der Waals surface area contributed by atoms with Crippen LogP contribution in [-0.4, -0.2) is 35.2 Å². The van der Waals surface area contributed by atoms with Gasteiger partial charge in [0.1, 0.15) is 17.6 Å². The van der Waals surface area contributed by atoms with E-state index in [4.69, 9.17) is 27.6 Å². The molecule has 1 saturated heterocycles. The Balaban J connectivity index is 1.87.